The zero-order valence-corrected chi connectivity index (χ0v) is 10.8. The van der Waals surface area contributed by atoms with E-state index in [0.29, 0.717) is 16.8 Å². The van der Waals surface area contributed by atoms with Crippen LogP contribution < -0.4 is 4.90 Å². The van der Waals surface area contributed by atoms with Gasteiger partial charge < -0.3 is 4.90 Å². The number of halogens is 1. The number of hydrogen-bond donors (Lipinski definition) is 0. The molecule has 19 heavy (non-hydrogen) atoms. The molecule has 0 N–H and O–H groups in total. The molecular weight excluding hydrogens is 241 g/mol. The Morgan fingerprint density at radius 3 is 2.74 bits per heavy atom. The summed E-state index contributed by atoms with van der Waals surface area (Å²) in [6.45, 7) is 1.90. The molecule has 0 aliphatic carbocycles. The minimum Gasteiger partial charge on any atom is -0.365 e. The fourth-order valence-electron chi connectivity index (χ4n) is 1.99. The third-order valence-corrected chi connectivity index (χ3v) is 3.24. The lowest BCUT2D eigenvalue weighted by atomic mass is 10.1. The normalized spacial score (nSPS) is 11.7. The Hall–Kier alpha value is -2.41. The molecule has 0 saturated heterocycles. The van der Waals surface area contributed by atoms with Crippen molar-refractivity contribution in [1.29, 1.82) is 5.26 Å². The molecule has 0 fully saturated rings. The molecule has 0 aliphatic heterocycles. The molecule has 0 radical (unpaired) electrons. The van der Waals surface area contributed by atoms with Crippen LogP contribution in [0.25, 0.3) is 0 Å². The first kappa shape index (κ1) is 13.0. The molecule has 3 nitrogen and oxygen atoms in total. The van der Waals surface area contributed by atoms with E-state index in [2.05, 4.69) is 11.1 Å². The first-order valence-corrected chi connectivity index (χ1v) is 5.96. The molecule has 1 aromatic heterocycles. The maximum absolute atomic E-state index is 13.8. The third-order valence-electron chi connectivity index (χ3n) is 3.24. The van der Waals surface area contributed by atoms with Gasteiger partial charge >= 0.3 is 0 Å². The van der Waals surface area contributed by atoms with Gasteiger partial charge in [-0.2, -0.15) is 5.26 Å². The van der Waals surface area contributed by atoms with Crippen LogP contribution in [0.3, 0.4) is 0 Å². The lowest BCUT2D eigenvalue weighted by Gasteiger charge is -2.28. The van der Waals surface area contributed by atoms with Gasteiger partial charge in [-0.05, 0) is 19.1 Å². The summed E-state index contributed by atoms with van der Waals surface area (Å²) in [4.78, 5) is 5.88. The van der Waals surface area contributed by atoms with Gasteiger partial charge in [0.1, 0.15) is 11.9 Å². The Kier molecular flexibility index (Phi) is 3.76. The van der Waals surface area contributed by atoms with E-state index in [1.165, 1.54) is 6.07 Å². The molecule has 1 atom stereocenters. The molecule has 2 rings (SSSR count). The molecule has 0 saturated carbocycles. The molecule has 1 aromatic carbocycles. The third kappa shape index (κ3) is 2.55. The highest BCUT2D eigenvalue weighted by molar-refractivity contribution is 5.58. The molecule has 1 unspecified atom stereocenters. The summed E-state index contributed by atoms with van der Waals surface area (Å²) in [6.07, 6.45) is 3.19. The summed E-state index contributed by atoms with van der Waals surface area (Å²) in [5, 5.41) is 9.10. The summed E-state index contributed by atoms with van der Waals surface area (Å²) >= 11 is 0. The number of nitriles is 1. The van der Waals surface area contributed by atoms with Crippen LogP contribution in [0.2, 0.25) is 0 Å². The van der Waals surface area contributed by atoms with E-state index in [0.717, 1.165) is 0 Å². The Morgan fingerprint density at radius 1 is 1.32 bits per heavy atom. The maximum atomic E-state index is 13.8. The van der Waals surface area contributed by atoms with Crippen LogP contribution >= 0.6 is 0 Å². The Balaban J connectivity index is 2.37. The topological polar surface area (TPSA) is 39.9 Å². The second-order valence-electron chi connectivity index (χ2n) is 4.31. The molecular formula is C15H14FN3. The van der Waals surface area contributed by atoms with Crippen molar-refractivity contribution >= 4 is 5.69 Å². The van der Waals surface area contributed by atoms with Crippen molar-refractivity contribution in [3.8, 4) is 6.07 Å². The fourth-order valence-corrected chi connectivity index (χ4v) is 1.99. The maximum Gasteiger partial charge on any atom is 0.128 e. The Labute approximate surface area is 111 Å². The summed E-state index contributed by atoms with van der Waals surface area (Å²) in [7, 11) is 1.83. The van der Waals surface area contributed by atoms with Crippen molar-refractivity contribution in [3.63, 3.8) is 0 Å². The van der Waals surface area contributed by atoms with Crippen molar-refractivity contribution in [2.45, 2.75) is 13.0 Å². The minimum absolute atomic E-state index is 0.183. The molecule has 0 spiro atoms. The van der Waals surface area contributed by atoms with Crippen molar-refractivity contribution in [2.75, 3.05) is 11.9 Å². The highest BCUT2D eigenvalue weighted by atomic mass is 19.1. The predicted molar refractivity (Wildman–Crippen MR) is 72.2 cm³/mol. The number of pyridine rings is 1. The van der Waals surface area contributed by atoms with Crippen LogP contribution in [-0.2, 0) is 0 Å². The van der Waals surface area contributed by atoms with Crippen molar-refractivity contribution in [1.82, 2.24) is 4.98 Å². The first-order valence-electron chi connectivity index (χ1n) is 5.96. The van der Waals surface area contributed by atoms with E-state index < -0.39 is 0 Å². The van der Waals surface area contributed by atoms with Crippen LogP contribution in [0.1, 0.15) is 24.1 Å². The van der Waals surface area contributed by atoms with Crippen LogP contribution in [-0.4, -0.2) is 12.0 Å². The molecule has 1 heterocycles. The standard InChI is InChI=1S/C15H14FN3/c1-11(13-5-3-4-6-14(13)16)19(2)15-10-18-8-7-12(15)9-17/h3-8,10-11H,1-2H3. The van der Waals surface area contributed by atoms with E-state index in [1.54, 1.807) is 36.7 Å². The Bertz CT molecular complexity index is 619. The number of nitrogens with zero attached hydrogens (tertiary/aromatic N) is 3. The number of rotatable bonds is 3. The molecule has 0 amide bonds. The van der Waals surface area contributed by atoms with Gasteiger partial charge in [0.15, 0.2) is 0 Å². The zero-order chi connectivity index (χ0) is 13.8. The minimum atomic E-state index is -0.246. The van der Waals surface area contributed by atoms with Gasteiger partial charge in [-0.15, -0.1) is 0 Å². The zero-order valence-electron chi connectivity index (χ0n) is 10.8. The van der Waals surface area contributed by atoms with Gasteiger partial charge in [0.2, 0.25) is 0 Å². The van der Waals surface area contributed by atoms with Gasteiger partial charge in [-0.1, -0.05) is 18.2 Å². The predicted octanol–water partition coefficient (Wildman–Crippen LogP) is 3.29. The monoisotopic (exact) mass is 255 g/mol. The summed E-state index contributed by atoms with van der Waals surface area (Å²) in [5.74, 6) is -0.246. The van der Waals surface area contributed by atoms with Crippen LogP contribution in [0, 0.1) is 17.1 Å². The van der Waals surface area contributed by atoms with Crippen molar-refractivity contribution in [2.24, 2.45) is 0 Å². The average molecular weight is 255 g/mol. The van der Waals surface area contributed by atoms with Crippen molar-refractivity contribution in [3.05, 3.63) is 59.7 Å². The average Bonchev–Trinajstić information content (AvgIpc) is 2.46. The molecule has 4 heteroatoms. The van der Waals surface area contributed by atoms with E-state index in [1.807, 2.05) is 18.9 Å². The summed E-state index contributed by atoms with van der Waals surface area (Å²) in [5.41, 5.74) is 1.82. The lowest BCUT2D eigenvalue weighted by molar-refractivity contribution is 0.585. The van der Waals surface area contributed by atoms with E-state index in [-0.39, 0.29) is 11.9 Å². The lowest BCUT2D eigenvalue weighted by Crippen LogP contribution is -2.23. The molecule has 0 bridgehead atoms. The van der Waals surface area contributed by atoms with Crippen LogP contribution in [0.5, 0.6) is 0 Å². The number of hydrogen-bond acceptors (Lipinski definition) is 3. The van der Waals surface area contributed by atoms with Gasteiger partial charge in [-0.3, -0.25) is 4.98 Å². The number of aromatic nitrogens is 1. The SMILES string of the molecule is CC(c1ccccc1F)N(C)c1cnccc1C#N. The van der Waals surface area contributed by atoms with Crippen LogP contribution in [0.4, 0.5) is 10.1 Å². The molecule has 96 valence electrons. The van der Waals surface area contributed by atoms with Gasteiger partial charge in [0, 0.05) is 18.8 Å². The largest absolute Gasteiger partial charge is 0.365 e. The van der Waals surface area contributed by atoms with E-state index in [4.69, 9.17) is 5.26 Å². The second-order valence-corrected chi connectivity index (χ2v) is 4.31. The summed E-state index contributed by atoms with van der Waals surface area (Å²) < 4.78 is 13.8. The van der Waals surface area contributed by atoms with Gasteiger partial charge in [-0.25, -0.2) is 4.39 Å². The Morgan fingerprint density at radius 2 is 2.05 bits per heavy atom. The van der Waals surface area contributed by atoms with Crippen molar-refractivity contribution < 1.29 is 4.39 Å². The van der Waals surface area contributed by atoms with Gasteiger partial charge in [0.05, 0.1) is 23.5 Å². The smallest absolute Gasteiger partial charge is 0.128 e. The number of benzene rings is 1. The number of anilines is 1. The highest BCUT2D eigenvalue weighted by Crippen LogP contribution is 2.28. The molecule has 0 aliphatic rings. The van der Waals surface area contributed by atoms with Crippen LogP contribution in [0.15, 0.2) is 42.7 Å². The quantitative estimate of drug-likeness (QED) is 0.845. The summed E-state index contributed by atoms with van der Waals surface area (Å²) in [6, 6.07) is 10.2. The van der Waals surface area contributed by atoms with E-state index in [9.17, 15) is 4.39 Å². The van der Waals surface area contributed by atoms with E-state index >= 15 is 0 Å². The van der Waals surface area contributed by atoms with Gasteiger partial charge in [0.25, 0.3) is 0 Å². The second kappa shape index (κ2) is 5.49. The highest BCUT2D eigenvalue weighted by Gasteiger charge is 2.18. The molecule has 2 aromatic rings. The fraction of sp³-hybridized carbons (Fsp3) is 0.200. The first-order chi connectivity index (χ1) is 9.15.